The van der Waals surface area contributed by atoms with Gasteiger partial charge in [0.1, 0.15) is 12.4 Å². The minimum atomic E-state index is -0.358. The molecule has 3 heteroatoms. The summed E-state index contributed by atoms with van der Waals surface area (Å²) in [6.07, 6.45) is 5.67. The molecule has 0 aliphatic rings. The molecule has 0 radical (unpaired) electrons. The first-order chi connectivity index (χ1) is 10.8. The molecule has 0 fully saturated rings. The van der Waals surface area contributed by atoms with E-state index in [0.29, 0.717) is 0 Å². The molecule has 0 aromatic heterocycles. The molecule has 0 amide bonds. The van der Waals surface area contributed by atoms with E-state index in [1.165, 1.54) is 11.6 Å². The van der Waals surface area contributed by atoms with E-state index in [0.717, 1.165) is 29.5 Å². The SMILES string of the molecule is CC(C)=CCCC(C)c1ccc(COC(=O)C=C(C)C)cc1O. The maximum atomic E-state index is 11.5. The predicted octanol–water partition coefficient (Wildman–Crippen LogP) is 5.25. The summed E-state index contributed by atoms with van der Waals surface area (Å²) >= 11 is 0. The van der Waals surface area contributed by atoms with Gasteiger partial charge >= 0.3 is 5.97 Å². The summed E-state index contributed by atoms with van der Waals surface area (Å²) in [7, 11) is 0. The topological polar surface area (TPSA) is 46.5 Å². The van der Waals surface area contributed by atoms with Crippen molar-refractivity contribution in [3.8, 4) is 5.75 Å². The van der Waals surface area contributed by atoms with Crippen molar-refractivity contribution >= 4 is 5.97 Å². The lowest BCUT2D eigenvalue weighted by atomic mass is 9.94. The van der Waals surface area contributed by atoms with Gasteiger partial charge in [0.2, 0.25) is 0 Å². The van der Waals surface area contributed by atoms with Gasteiger partial charge in [0.05, 0.1) is 0 Å². The Kier molecular flexibility index (Phi) is 7.60. The zero-order valence-corrected chi connectivity index (χ0v) is 14.8. The zero-order valence-electron chi connectivity index (χ0n) is 14.8. The van der Waals surface area contributed by atoms with Gasteiger partial charge in [-0.1, -0.05) is 36.3 Å². The standard InChI is InChI=1S/C20H28O3/c1-14(2)7-6-8-16(5)18-10-9-17(12-19(18)21)13-23-20(22)11-15(3)4/h7,9-12,16,21H,6,8,13H2,1-5H3. The third-order valence-corrected chi connectivity index (χ3v) is 3.57. The Morgan fingerprint density at radius 3 is 2.48 bits per heavy atom. The number of allylic oxidation sites excluding steroid dienone is 3. The van der Waals surface area contributed by atoms with Gasteiger partial charge in [-0.15, -0.1) is 0 Å². The number of aromatic hydroxyl groups is 1. The minimum Gasteiger partial charge on any atom is -0.508 e. The van der Waals surface area contributed by atoms with Crippen molar-refractivity contribution in [3.63, 3.8) is 0 Å². The molecule has 1 aromatic rings. The average Bonchev–Trinajstić information content (AvgIpc) is 2.44. The first-order valence-corrected chi connectivity index (χ1v) is 8.06. The van der Waals surface area contributed by atoms with Gasteiger partial charge in [0.15, 0.2) is 0 Å². The number of phenolic OH excluding ortho intramolecular Hbond substituents is 1. The third kappa shape index (κ3) is 7.18. The summed E-state index contributed by atoms with van der Waals surface area (Å²) in [5.74, 6) is 0.196. The number of esters is 1. The smallest absolute Gasteiger partial charge is 0.331 e. The lowest BCUT2D eigenvalue weighted by molar-refractivity contribution is -0.139. The molecule has 0 aliphatic heterocycles. The van der Waals surface area contributed by atoms with Crippen LogP contribution in [0.15, 0.2) is 41.5 Å². The Hall–Kier alpha value is -2.03. The highest BCUT2D eigenvalue weighted by Crippen LogP contribution is 2.30. The van der Waals surface area contributed by atoms with Crippen molar-refractivity contribution in [1.29, 1.82) is 0 Å². The van der Waals surface area contributed by atoms with E-state index < -0.39 is 0 Å². The van der Waals surface area contributed by atoms with Crippen molar-refractivity contribution in [1.82, 2.24) is 0 Å². The van der Waals surface area contributed by atoms with Crippen LogP contribution in [0.1, 0.15) is 64.5 Å². The highest BCUT2D eigenvalue weighted by Gasteiger charge is 2.11. The molecule has 0 saturated heterocycles. The van der Waals surface area contributed by atoms with Crippen LogP contribution in [-0.4, -0.2) is 11.1 Å². The molecule has 1 rings (SSSR count). The number of hydrogen-bond donors (Lipinski definition) is 1. The summed E-state index contributed by atoms with van der Waals surface area (Å²) in [6, 6.07) is 5.51. The van der Waals surface area contributed by atoms with Gasteiger partial charge < -0.3 is 9.84 Å². The molecular weight excluding hydrogens is 288 g/mol. The summed E-state index contributed by atoms with van der Waals surface area (Å²) < 4.78 is 5.15. The lowest BCUT2D eigenvalue weighted by Gasteiger charge is -2.14. The summed E-state index contributed by atoms with van der Waals surface area (Å²) in [4.78, 5) is 11.5. The van der Waals surface area contributed by atoms with Crippen LogP contribution < -0.4 is 0 Å². The molecule has 0 saturated carbocycles. The Labute approximate surface area is 139 Å². The average molecular weight is 316 g/mol. The third-order valence-electron chi connectivity index (χ3n) is 3.57. The first kappa shape index (κ1) is 19.0. The molecule has 23 heavy (non-hydrogen) atoms. The maximum absolute atomic E-state index is 11.5. The highest BCUT2D eigenvalue weighted by atomic mass is 16.5. The quantitative estimate of drug-likeness (QED) is 0.424. The lowest BCUT2D eigenvalue weighted by Crippen LogP contribution is -2.02. The van der Waals surface area contributed by atoms with Crippen LogP contribution in [0.2, 0.25) is 0 Å². The first-order valence-electron chi connectivity index (χ1n) is 8.06. The summed E-state index contributed by atoms with van der Waals surface area (Å²) in [6.45, 7) is 10.2. The van der Waals surface area contributed by atoms with E-state index in [1.54, 1.807) is 6.07 Å². The van der Waals surface area contributed by atoms with E-state index >= 15 is 0 Å². The van der Waals surface area contributed by atoms with Gasteiger partial charge in [0, 0.05) is 6.08 Å². The molecule has 0 spiro atoms. The largest absolute Gasteiger partial charge is 0.508 e. The second-order valence-electron chi connectivity index (χ2n) is 6.48. The van der Waals surface area contributed by atoms with Crippen LogP contribution in [0.3, 0.4) is 0 Å². The number of ether oxygens (including phenoxy) is 1. The van der Waals surface area contributed by atoms with E-state index in [9.17, 15) is 9.90 Å². The van der Waals surface area contributed by atoms with Crippen LogP contribution in [0.4, 0.5) is 0 Å². The minimum absolute atomic E-state index is 0.169. The van der Waals surface area contributed by atoms with E-state index in [-0.39, 0.29) is 24.2 Å². The normalized spacial score (nSPS) is 11.5. The van der Waals surface area contributed by atoms with Gasteiger partial charge in [-0.05, 0) is 63.6 Å². The monoisotopic (exact) mass is 316 g/mol. The zero-order chi connectivity index (χ0) is 17.4. The molecule has 0 bridgehead atoms. The predicted molar refractivity (Wildman–Crippen MR) is 94.4 cm³/mol. The van der Waals surface area contributed by atoms with Gasteiger partial charge in [-0.25, -0.2) is 4.79 Å². The van der Waals surface area contributed by atoms with E-state index in [1.807, 2.05) is 26.0 Å². The Balaban J connectivity index is 2.65. The Bertz CT molecular complexity index is 589. The molecule has 1 aromatic carbocycles. The fourth-order valence-corrected chi connectivity index (χ4v) is 2.31. The van der Waals surface area contributed by atoms with Crippen LogP contribution in [0, 0.1) is 0 Å². The summed E-state index contributed by atoms with van der Waals surface area (Å²) in [5, 5.41) is 10.2. The van der Waals surface area contributed by atoms with Crippen molar-refractivity contribution in [2.24, 2.45) is 0 Å². The van der Waals surface area contributed by atoms with Crippen molar-refractivity contribution < 1.29 is 14.6 Å². The number of benzene rings is 1. The second-order valence-corrected chi connectivity index (χ2v) is 6.48. The molecule has 3 nitrogen and oxygen atoms in total. The number of phenols is 1. The highest BCUT2D eigenvalue weighted by molar-refractivity contribution is 5.82. The number of carbonyl (C=O) groups excluding carboxylic acids is 1. The molecule has 1 N–H and O–H groups in total. The van der Waals surface area contributed by atoms with Crippen LogP contribution in [0.25, 0.3) is 0 Å². The van der Waals surface area contributed by atoms with Crippen molar-refractivity contribution in [2.45, 2.75) is 60.0 Å². The molecule has 0 aliphatic carbocycles. The molecular formula is C20H28O3. The fourth-order valence-electron chi connectivity index (χ4n) is 2.31. The van der Waals surface area contributed by atoms with Gasteiger partial charge in [0.25, 0.3) is 0 Å². The van der Waals surface area contributed by atoms with Crippen molar-refractivity contribution in [3.05, 3.63) is 52.6 Å². The molecule has 1 atom stereocenters. The number of rotatable bonds is 7. The van der Waals surface area contributed by atoms with Crippen LogP contribution >= 0.6 is 0 Å². The molecule has 126 valence electrons. The van der Waals surface area contributed by atoms with Gasteiger partial charge in [-0.3, -0.25) is 0 Å². The Morgan fingerprint density at radius 2 is 1.91 bits per heavy atom. The second kappa shape index (κ2) is 9.19. The van der Waals surface area contributed by atoms with Crippen LogP contribution in [-0.2, 0) is 16.1 Å². The maximum Gasteiger partial charge on any atom is 0.331 e. The number of carbonyl (C=O) groups is 1. The van der Waals surface area contributed by atoms with E-state index in [2.05, 4.69) is 26.8 Å². The van der Waals surface area contributed by atoms with E-state index in [4.69, 9.17) is 4.74 Å². The fraction of sp³-hybridized carbons (Fsp3) is 0.450. The van der Waals surface area contributed by atoms with Crippen molar-refractivity contribution in [2.75, 3.05) is 0 Å². The van der Waals surface area contributed by atoms with Crippen LogP contribution in [0.5, 0.6) is 5.75 Å². The Morgan fingerprint density at radius 1 is 1.22 bits per heavy atom. The van der Waals surface area contributed by atoms with Gasteiger partial charge in [-0.2, -0.15) is 0 Å². The molecule has 0 heterocycles. The molecule has 1 unspecified atom stereocenters. The number of hydrogen-bond acceptors (Lipinski definition) is 3. The summed E-state index contributed by atoms with van der Waals surface area (Å²) in [5.41, 5.74) is 3.94.